The van der Waals surface area contributed by atoms with Gasteiger partial charge >= 0.3 is 0 Å². The predicted molar refractivity (Wildman–Crippen MR) is 86.9 cm³/mol. The van der Waals surface area contributed by atoms with E-state index in [1.807, 2.05) is 12.1 Å². The molecule has 112 valence electrons. The molecule has 0 bridgehead atoms. The molecule has 1 aromatic carbocycles. The maximum Gasteiger partial charge on any atom is 0.224 e. The SMILES string of the molecule is CCC(C)(C)Cc1ccc(NC(=O)CC(C)(C)C)cc1. The Morgan fingerprint density at radius 3 is 2.05 bits per heavy atom. The number of carbonyl (C=O) groups excluding carboxylic acids is 1. The van der Waals surface area contributed by atoms with Crippen molar-refractivity contribution in [3.05, 3.63) is 29.8 Å². The van der Waals surface area contributed by atoms with Gasteiger partial charge in [0.1, 0.15) is 0 Å². The van der Waals surface area contributed by atoms with Crippen LogP contribution in [-0.2, 0) is 11.2 Å². The van der Waals surface area contributed by atoms with Gasteiger partial charge in [0, 0.05) is 12.1 Å². The number of nitrogens with one attached hydrogen (secondary N) is 1. The van der Waals surface area contributed by atoms with Gasteiger partial charge in [0.05, 0.1) is 0 Å². The fourth-order valence-corrected chi connectivity index (χ4v) is 2.07. The molecule has 1 amide bonds. The van der Waals surface area contributed by atoms with Crippen molar-refractivity contribution in [3.63, 3.8) is 0 Å². The standard InChI is InChI=1S/C18H29NO/c1-7-18(5,6)12-14-8-10-15(11-9-14)19-16(20)13-17(2,3)4/h8-11H,7,12-13H2,1-6H3,(H,19,20). The molecule has 0 radical (unpaired) electrons. The van der Waals surface area contributed by atoms with Gasteiger partial charge in [0.15, 0.2) is 0 Å². The zero-order valence-corrected chi connectivity index (χ0v) is 13.8. The molecule has 1 N–H and O–H groups in total. The van der Waals surface area contributed by atoms with Crippen molar-refractivity contribution in [3.8, 4) is 0 Å². The van der Waals surface area contributed by atoms with Gasteiger partial charge in [-0.15, -0.1) is 0 Å². The lowest BCUT2D eigenvalue weighted by molar-refractivity contribution is -0.117. The molecule has 0 atom stereocenters. The summed E-state index contributed by atoms with van der Waals surface area (Å²) in [4.78, 5) is 11.9. The number of amides is 1. The summed E-state index contributed by atoms with van der Waals surface area (Å²) in [6.07, 6.45) is 2.77. The van der Waals surface area contributed by atoms with E-state index in [-0.39, 0.29) is 11.3 Å². The summed E-state index contributed by atoms with van der Waals surface area (Å²) in [5.41, 5.74) is 2.56. The molecule has 0 unspecified atom stereocenters. The largest absolute Gasteiger partial charge is 0.326 e. The predicted octanol–water partition coefficient (Wildman–Crippen LogP) is 5.04. The minimum Gasteiger partial charge on any atom is -0.326 e. The second kappa shape index (κ2) is 6.43. The molecule has 20 heavy (non-hydrogen) atoms. The van der Waals surface area contributed by atoms with Crippen LogP contribution in [0.2, 0.25) is 0 Å². The van der Waals surface area contributed by atoms with Crippen LogP contribution in [0.1, 0.15) is 59.9 Å². The van der Waals surface area contributed by atoms with Crippen LogP contribution >= 0.6 is 0 Å². The van der Waals surface area contributed by atoms with Crippen LogP contribution in [0.25, 0.3) is 0 Å². The van der Waals surface area contributed by atoms with Crippen molar-refractivity contribution >= 4 is 11.6 Å². The summed E-state index contributed by atoms with van der Waals surface area (Å²) in [6, 6.07) is 8.23. The van der Waals surface area contributed by atoms with E-state index in [1.54, 1.807) is 0 Å². The summed E-state index contributed by atoms with van der Waals surface area (Å²) in [5, 5.41) is 2.96. The zero-order valence-electron chi connectivity index (χ0n) is 13.8. The number of hydrogen-bond donors (Lipinski definition) is 1. The van der Waals surface area contributed by atoms with Gasteiger partial charge in [0.25, 0.3) is 0 Å². The van der Waals surface area contributed by atoms with E-state index in [1.165, 1.54) is 5.56 Å². The highest BCUT2D eigenvalue weighted by molar-refractivity contribution is 5.91. The fraction of sp³-hybridized carbons (Fsp3) is 0.611. The van der Waals surface area contributed by atoms with Crippen molar-refractivity contribution in [2.24, 2.45) is 10.8 Å². The maximum atomic E-state index is 11.9. The Balaban J connectivity index is 2.61. The van der Waals surface area contributed by atoms with E-state index in [0.29, 0.717) is 11.8 Å². The molecular formula is C18H29NO. The van der Waals surface area contributed by atoms with Gasteiger partial charge in [-0.3, -0.25) is 4.79 Å². The molecule has 0 saturated carbocycles. The van der Waals surface area contributed by atoms with Crippen LogP contribution in [0.4, 0.5) is 5.69 Å². The van der Waals surface area contributed by atoms with Crippen molar-refractivity contribution in [1.29, 1.82) is 0 Å². The normalized spacial score (nSPS) is 12.3. The summed E-state index contributed by atoms with van der Waals surface area (Å²) in [7, 11) is 0. The molecule has 0 aliphatic rings. The minimum atomic E-state index is 0.0230. The molecular weight excluding hydrogens is 246 g/mol. The van der Waals surface area contributed by atoms with Crippen LogP contribution in [0, 0.1) is 10.8 Å². The Bertz CT molecular complexity index is 437. The van der Waals surface area contributed by atoms with Crippen LogP contribution in [-0.4, -0.2) is 5.91 Å². The van der Waals surface area contributed by atoms with Crippen LogP contribution in [0.15, 0.2) is 24.3 Å². The first-order chi connectivity index (χ1) is 9.11. The van der Waals surface area contributed by atoms with E-state index in [2.05, 4.69) is 59.0 Å². The lowest BCUT2D eigenvalue weighted by Crippen LogP contribution is -2.19. The van der Waals surface area contributed by atoms with Gasteiger partial charge in [0.2, 0.25) is 5.91 Å². The number of rotatable bonds is 5. The Morgan fingerprint density at radius 2 is 1.60 bits per heavy atom. The van der Waals surface area contributed by atoms with Crippen molar-refractivity contribution in [2.45, 2.75) is 60.8 Å². The summed E-state index contributed by atoms with van der Waals surface area (Å²) in [5.74, 6) is 0.0825. The summed E-state index contributed by atoms with van der Waals surface area (Å²) in [6.45, 7) is 13.0. The van der Waals surface area contributed by atoms with Crippen LogP contribution in [0.5, 0.6) is 0 Å². The molecule has 0 fully saturated rings. The monoisotopic (exact) mass is 275 g/mol. The topological polar surface area (TPSA) is 29.1 Å². The molecule has 0 saturated heterocycles. The number of anilines is 1. The lowest BCUT2D eigenvalue weighted by atomic mass is 9.83. The molecule has 0 spiro atoms. The summed E-state index contributed by atoms with van der Waals surface area (Å²) >= 11 is 0. The second-order valence-corrected chi connectivity index (χ2v) is 7.68. The Hall–Kier alpha value is -1.31. The third kappa shape index (κ3) is 6.23. The molecule has 1 aromatic rings. The first-order valence-corrected chi connectivity index (χ1v) is 7.50. The van der Waals surface area contributed by atoms with E-state index in [4.69, 9.17) is 0 Å². The molecule has 0 aliphatic carbocycles. The van der Waals surface area contributed by atoms with Gasteiger partial charge in [-0.2, -0.15) is 0 Å². The Kier molecular flexibility index (Phi) is 5.38. The highest BCUT2D eigenvalue weighted by Crippen LogP contribution is 2.26. The highest BCUT2D eigenvalue weighted by Gasteiger charge is 2.17. The van der Waals surface area contributed by atoms with Gasteiger partial charge in [-0.1, -0.05) is 60.1 Å². The third-order valence-electron chi connectivity index (χ3n) is 3.57. The number of hydrogen-bond acceptors (Lipinski definition) is 1. The average molecular weight is 275 g/mol. The quantitative estimate of drug-likeness (QED) is 0.801. The van der Waals surface area contributed by atoms with Crippen molar-refractivity contribution in [1.82, 2.24) is 0 Å². The molecule has 2 nitrogen and oxygen atoms in total. The zero-order chi connectivity index (χ0) is 15.4. The van der Waals surface area contributed by atoms with Crippen LogP contribution in [0.3, 0.4) is 0 Å². The molecule has 0 aliphatic heterocycles. The Morgan fingerprint density at radius 1 is 1.05 bits per heavy atom. The van der Waals surface area contributed by atoms with E-state index >= 15 is 0 Å². The Labute approximate surface area is 124 Å². The average Bonchev–Trinajstić information content (AvgIpc) is 2.29. The first-order valence-electron chi connectivity index (χ1n) is 7.50. The molecule has 0 heterocycles. The lowest BCUT2D eigenvalue weighted by Gasteiger charge is -2.22. The fourth-order valence-electron chi connectivity index (χ4n) is 2.07. The van der Waals surface area contributed by atoms with E-state index in [0.717, 1.165) is 18.5 Å². The summed E-state index contributed by atoms with van der Waals surface area (Å²) < 4.78 is 0. The molecule has 0 aromatic heterocycles. The highest BCUT2D eigenvalue weighted by atomic mass is 16.1. The van der Waals surface area contributed by atoms with Gasteiger partial charge in [-0.05, 0) is 34.9 Å². The maximum absolute atomic E-state index is 11.9. The third-order valence-corrected chi connectivity index (χ3v) is 3.57. The van der Waals surface area contributed by atoms with E-state index < -0.39 is 0 Å². The van der Waals surface area contributed by atoms with Gasteiger partial charge < -0.3 is 5.32 Å². The minimum absolute atomic E-state index is 0.0230. The van der Waals surface area contributed by atoms with Crippen molar-refractivity contribution in [2.75, 3.05) is 5.32 Å². The first kappa shape index (κ1) is 16.7. The number of benzene rings is 1. The smallest absolute Gasteiger partial charge is 0.224 e. The second-order valence-electron chi connectivity index (χ2n) is 7.68. The van der Waals surface area contributed by atoms with E-state index in [9.17, 15) is 4.79 Å². The van der Waals surface area contributed by atoms with Crippen LogP contribution < -0.4 is 5.32 Å². The van der Waals surface area contributed by atoms with Gasteiger partial charge in [-0.25, -0.2) is 0 Å². The number of carbonyl (C=O) groups is 1. The molecule has 2 heteroatoms. The molecule has 1 rings (SSSR count). The van der Waals surface area contributed by atoms with Crippen molar-refractivity contribution < 1.29 is 4.79 Å².